The molecule has 4 aromatic carbocycles. The second-order valence-corrected chi connectivity index (χ2v) is 9.04. The van der Waals surface area contributed by atoms with Crippen LogP contribution in [-0.2, 0) is 24.7 Å². The predicted molar refractivity (Wildman–Crippen MR) is 162 cm³/mol. The van der Waals surface area contributed by atoms with E-state index in [0.29, 0.717) is 6.54 Å². The minimum absolute atomic E-state index is 0.121. The summed E-state index contributed by atoms with van der Waals surface area (Å²) in [5, 5.41) is 24.8. The van der Waals surface area contributed by atoms with Crippen LogP contribution < -0.4 is 11.1 Å². The maximum Gasteiger partial charge on any atom is 0.269 e. The molecule has 0 aromatic heterocycles. The average molecular weight is 594 g/mol. The minimum atomic E-state index is -0.405. The van der Waals surface area contributed by atoms with Gasteiger partial charge in [-0.1, -0.05) is 78.3 Å². The van der Waals surface area contributed by atoms with Crippen LogP contribution in [0.25, 0.3) is 0 Å². The highest BCUT2D eigenvalue weighted by Crippen LogP contribution is 2.15. The molecule has 9 heteroatoms. The maximum atomic E-state index is 10.5. The van der Waals surface area contributed by atoms with E-state index in [-0.39, 0.29) is 16.3 Å². The third-order valence-electron chi connectivity index (χ3n) is 5.70. The van der Waals surface area contributed by atoms with Crippen LogP contribution in [-0.4, -0.2) is 9.85 Å². The number of hydrogen-bond donors (Lipinski definition) is 2. The Balaban J connectivity index is 0.000000226. The smallest absolute Gasteiger partial charge is 0.269 e. The molecule has 204 valence electrons. The molecular formula is C30H33BrN4O4. The van der Waals surface area contributed by atoms with Gasteiger partial charge in [0.25, 0.3) is 11.4 Å². The molecule has 8 nitrogen and oxygen atoms in total. The molecule has 0 amide bonds. The Morgan fingerprint density at radius 2 is 1.03 bits per heavy atom. The lowest BCUT2D eigenvalue weighted by atomic mass is 10.1. The van der Waals surface area contributed by atoms with Gasteiger partial charge in [-0.2, -0.15) is 0 Å². The number of nitrogens with two attached hydrogens (primary N) is 1. The SMILES string of the molecule is CCc1ccc(N)cc1.CCc1ccc(NCc2ccc([N+](=O)[O-])cc2)cc1.O=[N+]([O-])c1ccc(CBr)cc1. The number of nitrogens with zero attached hydrogens (tertiary/aromatic N) is 2. The lowest BCUT2D eigenvalue weighted by molar-refractivity contribution is -0.385. The summed E-state index contributed by atoms with van der Waals surface area (Å²) >= 11 is 3.25. The van der Waals surface area contributed by atoms with Gasteiger partial charge in [0.2, 0.25) is 0 Å². The normalized spacial score (nSPS) is 9.82. The molecule has 0 aliphatic heterocycles. The van der Waals surface area contributed by atoms with Crippen LogP contribution in [0.4, 0.5) is 22.7 Å². The number of non-ortho nitro benzene ring substituents is 2. The molecule has 0 heterocycles. The second-order valence-electron chi connectivity index (χ2n) is 8.48. The summed E-state index contributed by atoms with van der Waals surface area (Å²) < 4.78 is 0. The van der Waals surface area contributed by atoms with Crippen molar-refractivity contribution < 1.29 is 9.85 Å². The van der Waals surface area contributed by atoms with E-state index in [2.05, 4.69) is 59.4 Å². The van der Waals surface area contributed by atoms with Crippen molar-refractivity contribution in [1.29, 1.82) is 0 Å². The second kappa shape index (κ2) is 16.6. The van der Waals surface area contributed by atoms with Gasteiger partial charge >= 0.3 is 0 Å². The minimum Gasteiger partial charge on any atom is -0.399 e. The highest BCUT2D eigenvalue weighted by atomic mass is 79.9. The molecule has 0 bridgehead atoms. The molecule has 0 spiro atoms. The molecule has 0 aliphatic rings. The van der Waals surface area contributed by atoms with E-state index in [4.69, 9.17) is 5.73 Å². The van der Waals surface area contributed by atoms with Crippen molar-refractivity contribution in [3.8, 4) is 0 Å². The Hall–Kier alpha value is -4.24. The lowest BCUT2D eigenvalue weighted by Gasteiger charge is -2.07. The molecule has 0 aliphatic carbocycles. The first-order valence-electron chi connectivity index (χ1n) is 12.5. The molecule has 4 rings (SSSR count). The number of nitro groups is 2. The van der Waals surface area contributed by atoms with Crippen molar-refractivity contribution in [2.24, 2.45) is 0 Å². The molecule has 0 unspecified atom stereocenters. The summed E-state index contributed by atoms with van der Waals surface area (Å²) in [5.74, 6) is 0. The van der Waals surface area contributed by atoms with Crippen molar-refractivity contribution in [2.45, 2.75) is 38.6 Å². The maximum absolute atomic E-state index is 10.5. The fraction of sp³-hybridized carbons (Fsp3) is 0.200. The Bertz CT molecular complexity index is 1300. The van der Waals surface area contributed by atoms with Gasteiger partial charge in [0, 0.05) is 47.5 Å². The van der Waals surface area contributed by atoms with Gasteiger partial charge in [-0.15, -0.1) is 0 Å². The number of aryl methyl sites for hydroxylation is 2. The van der Waals surface area contributed by atoms with E-state index in [9.17, 15) is 20.2 Å². The molecule has 0 radical (unpaired) electrons. The number of anilines is 2. The third kappa shape index (κ3) is 11.4. The van der Waals surface area contributed by atoms with Crippen LogP contribution in [0.1, 0.15) is 36.1 Å². The molecule has 39 heavy (non-hydrogen) atoms. The van der Waals surface area contributed by atoms with E-state index < -0.39 is 4.92 Å². The standard InChI is InChI=1S/C15H16N2O2.C8H11N.C7H6BrNO2/c1-2-12-3-7-14(8-4-12)16-11-13-5-9-15(10-6-13)17(18)19;1-2-7-3-5-8(9)6-4-7;8-5-6-1-3-7(4-2-6)9(10)11/h3-10,16H,2,11H2,1H3;3-6H,2,9H2,1H3;1-4H,5H2. The van der Waals surface area contributed by atoms with Crippen LogP contribution in [0.3, 0.4) is 0 Å². The van der Waals surface area contributed by atoms with Gasteiger partial charge in [0.05, 0.1) is 9.85 Å². The quantitative estimate of drug-likeness (QED) is 0.0921. The fourth-order valence-electron chi connectivity index (χ4n) is 3.26. The molecule has 0 atom stereocenters. The average Bonchev–Trinajstić information content (AvgIpc) is 2.97. The third-order valence-corrected chi connectivity index (χ3v) is 6.34. The van der Waals surface area contributed by atoms with Crippen molar-refractivity contribution in [2.75, 3.05) is 11.1 Å². The van der Waals surface area contributed by atoms with Crippen LogP contribution in [0.5, 0.6) is 0 Å². The topological polar surface area (TPSA) is 124 Å². The number of benzene rings is 4. The van der Waals surface area contributed by atoms with Crippen molar-refractivity contribution >= 4 is 38.7 Å². The van der Waals surface area contributed by atoms with E-state index in [1.54, 1.807) is 24.3 Å². The largest absolute Gasteiger partial charge is 0.399 e. The number of halogens is 1. The summed E-state index contributed by atoms with van der Waals surface area (Å²) in [5.41, 5.74) is 12.3. The summed E-state index contributed by atoms with van der Waals surface area (Å²) in [6.07, 6.45) is 2.11. The van der Waals surface area contributed by atoms with Gasteiger partial charge in [0.1, 0.15) is 0 Å². The Labute approximate surface area is 237 Å². The molecule has 4 aromatic rings. The van der Waals surface area contributed by atoms with Gasteiger partial charge in [-0.25, -0.2) is 0 Å². The number of alkyl halides is 1. The summed E-state index contributed by atoms with van der Waals surface area (Å²) in [7, 11) is 0. The van der Waals surface area contributed by atoms with Crippen LogP contribution in [0, 0.1) is 20.2 Å². The van der Waals surface area contributed by atoms with E-state index in [1.807, 2.05) is 24.3 Å². The monoisotopic (exact) mass is 592 g/mol. The predicted octanol–water partition coefficient (Wildman–Crippen LogP) is 8.09. The van der Waals surface area contributed by atoms with E-state index in [1.165, 1.54) is 35.4 Å². The zero-order valence-electron chi connectivity index (χ0n) is 22.0. The first kappa shape index (κ1) is 31.0. The van der Waals surface area contributed by atoms with Gasteiger partial charge in [0.15, 0.2) is 0 Å². The van der Waals surface area contributed by atoms with Crippen molar-refractivity contribution in [3.63, 3.8) is 0 Å². The van der Waals surface area contributed by atoms with E-state index >= 15 is 0 Å². The van der Waals surface area contributed by atoms with Gasteiger partial charge in [-0.3, -0.25) is 20.2 Å². The number of nitrogens with one attached hydrogen (secondary N) is 1. The highest BCUT2D eigenvalue weighted by molar-refractivity contribution is 9.08. The number of hydrogen-bond acceptors (Lipinski definition) is 6. The Kier molecular flexibility index (Phi) is 13.2. The van der Waals surface area contributed by atoms with Crippen LogP contribution >= 0.6 is 15.9 Å². The molecule has 3 N–H and O–H groups in total. The van der Waals surface area contributed by atoms with Gasteiger partial charge in [-0.05, 0) is 59.4 Å². The molecule has 0 saturated carbocycles. The fourth-order valence-corrected chi connectivity index (χ4v) is 3.63. The Morgan fingerprint density at radius 1 is 0.641 bits per heavy atom. The molecular weight excluding hydrogens is 560 g/mol. The highest BCUT2D eigenvalue weighted by Gasteiger charge is 2.04. The van der Waals surface area contributed by atoms with Crippen molar-refractivity contribution in [3.05, 3.63) is 140 Å². The Morgan fingerprint density at radius 3 is 1.41 bits per heavy atom. The summed E-state index contributed by atoms with van der Waals surface area (Å²) in [6.45, 7) is 4.91. The van der Waals surface area contributed by atoms with Crippen LogP contribution in [0.15, 0.2) is 97.1 Å². The zero-order chi connectivity index (χ0) is 28.6. The van der Waals surface area contributed by atoms with E-state index in [0.717, 1.165) is 40.7 Å². The van der Waals surface area contributed by atoms with Crippen LogP contribution in [0.2, 0.25) is 0 Å². The molecule has 0 fully saturated rings. The van der Waals surface area contributed by atoms with Gasteiger partial charge < -0.3 is 11.1 Å². The first-order chi connectivity index (χ1) is 18.7. The molecule has 0 saturated heterocycles. The lowest BCUT2D eigenvalue weighted by Crippen LogP contribution is -1.99. The number of nitrogen functional groups attached to an aromatic ring is 1. The zero-order valence-corrected chi connectivity index (χ0v) is 23.6. The summed E-state index contributed by atoms with van der Waals surface area (Å²) in [6, 6.07) is 29.3. The number of rotatable bonds is 8. The first-order valence-corrected chi connectivity index (χ1v) is 13.6. The number of nitro benzene ring substituents is 2. The van der Waals surface area contributed by atoms with Crippen molar-refractivity contribution in [1.82, 2.24) is 0 Å². The summed E-state index contributed by atoms with van der Waals surface area (Å²) in [4.78, 5) is 19.9.